The van der Waals surface area contributed by atoms with Gasteiger partial charge in [0.05, 0.1) is 0 Å². The summed E-state index contributed by atoms with van der Waals surface area (Å²) < 4.78 is 0. The average Bonchev–Trinajstić information content (AvgIpc) is 2.20. The van der Waals surface area contributed by atoms with E-state index in [9.17, 15) is 0 Å². The van der Waals surface area contributed by atoms with Gasteiger partial charge in [0.2, 0.25) is 0 Å². The zero-order chi connectivity index (χ0) is 10.2. The van der Waals surface area contributed by atoms with Gasteiger partial charge < -0.3 is 5.32 Å². The van der Waals surface area contributed by atoms with Crippen LogP contribution in [0.3, 0.4) is 0 Å². The third-order valence-electron chi connectivity index (χ3n) is 3.29. The van der Waals surface area contributed by atoms with Gasteiger partial charge in [-0.2, -0.15) is 11.8 Å². The van der Waals surface area contributed by atoms with E-state index in [1.54, 1.807) is 0 Å². The van der Waals surface area contributed by atoms with Crippen LogP contribution in [0, 0.1) is 5.92 Å². The summed E-state index contributed by atoms with van der Waals surface area (Å²) in [7, 11) is 0. The molecule has 1 aliphatic carbocycles. The van der Waals surface area contributed by atoms with Crippen LogP contribution in [-0.4, -0.2) is 24.6 Å². The number of rotatable bonds is 6. The Labute approximate surface area is 93.4 Å². The SMILES string of the molecule is CSCCCCNC1CCCCC1C. The Balaban J connectivity index is 1.99. The van der Waals surface area contributed by atoms with Gasteiger partial charge in [-0.05, 0) is 50.2 Å². The summed E-state index contributed by atoms with van der Waals surface area (Å²) in [6, 6.07) is 0.818. The summed E-state index contributed by atoms with van der Waals surface area (Å²) >= 11 is 1.96. The molecule has 0 aromatic heterocycles. The molecule has 84 valence electrons. The minimum absolute atomic E-state index is 0.818. The molecule has 0 saturated heterocycles. The van der Waals surface area contributed by atoms with E-state index in [0.717, 1.165) is 12.0 Å². The van der Waals surface area contributed by atoms with Crippen molar-refractivity contribution in [2.45, 2.75) is 51.5 Å². The van der Waals surface area contributed by atoms with Crippen molar-refractivity contribution in [3.8, 4) is 0 Å². The molecule has 1 N–H and O–H groups in total. The van der Waals surface area contributed by atoms with Crippen LogP contribution >= 0.6 is 11.8 Å². The smallest absolute Gasteiger partial charge is 0.00926 e. The monoisotopic (exact) mass is 215 g/mol. The molecule has 0 heterocycles. The molecule has 0 spiro atoms. The van der Waals surface area contributed by atoms with Crippen molar-refractivity contribution in [1.82, 2.24) is 5.32 Å². The third kappa shape index (κ3) is 4.70. The van der Waals surface area contributed by atoms with Gasteiger partial charge in [-0.15, -0.1) is 0 Å². The number of unbranched alkanes of at least 4 members (excludes halogenated alkanes) is 1. The quantitative estimate of drug-likeness (QED) is 0.682. The van der Waals surface area contributed by atoms with E-state index in [4.69, 9.17) is 0 Å². The summed E-state index contributed by atoms with van der Waals surface area (Å²) in [6.07, 6.45) is 10.6. The fourth-order valence-electron chi connectivity index (χ4n) is 2.28. The minimum atomic E-state index is 0.818. The average molecular weight is 215 g/mol. The van der Waals surface area contributed by atoms with E-state index in [1.165, 1.54) is 50.8 Å². The lowest BCUT2D eigenvalue weighted by molar-refractivity contribution is 0.280. The van der Waals surface area contributed by atoms with E-state index < -0.39 is 0 Å². The summed E-state index contributed by atoms with van der Waals surface area (Å²) in [5.41, 5.74) is 0. The number of nitrogens with one attached hydrogen (secondary N) is 1. The largest absolute Gasteiger partial charge is 0.314 e. The normalized spacial score (nSPS) is 27.9. The van der Waals surface area contributed by atoms with E-state index in [0.29, 0.717) is 0 Å². The maximum Gasteiger partial charge on any atom is 0.00926 e. The molecule has 2 atom stereocenters. The topological polar surface area (TPSA) is 12.0 Å². The van der Waals surface area contributed by atoms with Gasteiger partial charge in [0.1, 0.15) is 0 Å². The summed E-state index contributed by atoms with van der Waals surface area (Å²) in [5, 5.41) is 3.72. The molecule has 2 unspecified atom stereocenters. The molecule has 1 aliphatic rings. The number of hydrogen-bond donors (Lipinski definition) is 1. The minimum Gasteiger partial charge on any atom is -0.314 e. The predicted molar refractivity (Wildman–Crippen MR) is 67.0 cm³/mol. The van der Waals surface area contributed by atoms with Crippen molar-refractivity contribution < 1.29 is 0 Å². The molecular weight excluding hydrogens is 190 g/mol. The van der Waals surface area contributed by atoms with Crippen LogP contribution in [0.25, 0.3) is 0 Å². The Morgan fingerprint density at radius 2 is 2.00 bits per heavy atom. The molecule has 14 heavy (non-hydrogen) atoms. The van der Waals surface area contributed by atoms with Gasteiger partial charge in [0.15, 0.2) is 0 Å². The Morgan fingerprint density at radius 1 is 1.21 bits per heavy atom. The van der Waals surface area contributed by atoms with Gasteiger partial charge in [-0.1, -0.05) is 19.8 Å². The summed E-state index contributed by atoms with van der Waals surface area (Å²) in [6.45, 7) is 3.63. The summed E-state index contributed by atoms with van der Waals surface area (Å²) in [4.78, 5) is 0. The molecule has 0 bridgehead atoms. The Bertz CT molecular complexity index is 138. The molecule has 1 fully saturated rings. The second-order valence-corrected chi connectivity index (χ2v) is 5.51. The maximum absolute atomic E-state index is 3.72. The number of hydrogen-bond acceptors (Lipinski definition) is 2. The molecule has 0 aromatic carbocycles. The Morgan fingerprint density at radius 3 is 2.71 bits per heavy atom. The first kappa shape index (κ1) is 12.4. The lowest BCUT2D eigenvalue weighted by Crippen LogP contribution is -2.37. The maximum atomic E-state index is 3.72. The van der Waals surface area contributed by atoms with Gasteiger partial charge in [-0.25, -0.2) is 0 Å². The highest BCUT2D eigenvalue weighted by atomic mass is 32.2. The molecular formula is C12H25NS. The fraction of sp³-hybridized carbons (Fsp3) is 1.00. The van der Waals surface area contributed by atoms with Crippen LogP contribution in [0.15, 0.2) is 0 Å². The second-order valence-electron chi connectivity index (χ2n) is 4.52. The van der Waals surface area contributed by atoms with Crippen LogP contribution in [0.4, 0.5) is 0 Å². The molecule has 2 heteroatoms. The van der Waals surface area contributed by atoms with Crippen molar-refractivity contribution in [2.24, 2.45) is 5.92 Å². The molecule has 1 nitrogen and oxygen atoms in total. The molecule has 0 aromatic rings. The van der Waals surface area contributed by atoms with Crippen molar-refractivity contribution in [3.05, 3.63) is 0 Å². The van der Waals surface area contributed by atoms with E-state index in [1.807, 2.05) is 11.8 Å². The van der Waals surface area contributed by atoms with E-state index in [2.05, 4.69) is 18.5 Å². The highest BCUT2D eigenvalue weighted by Gasteiger charge is 2.19. The van der Waals surface area contributed by atoms with Crippen LogP contribution in [0.2, 0.25) is 0 Å². The van der Waals surface area contributed by atoms with Crippen LogP contribution in [0.5, 0.6) is 0 Å². The van der Waals surface area contributed by atoms with Gasteiger partial charge in [-0.3, -0.25) is 0 Å². The van der Waals surface area contributed by atoms with Crippen LogP contribution in [0.1, 0.15) is 45.4 Å². The van der Waals surface area contributed by atoms with E-state index in [-0.39, 0.29) is 0 Å². The number of thioether (sulfide) groups is 1. The highest BCUT2D eigenvalue weighted by molar-refractivity contribution is 7.98. The van der Waals surface area contributed by atoms with Crippen LogP contribution in [-0.2, 0) is 0 Å². The van der Waals surface area contributed by atoms with Crippen molar-refractivity contribution in [3.63, 3.8) is 0 Å². The van der Waals surface area contributed by atoms with Gasteiger partial charge in [0.25, 0.3) is 0 Å². The third-order valence-corrected chi connectivity index (χ3v) is 3.99. The highest BCUT2D eigenvalue weighted by Crippen LogP contribution is 2.23. The Hall–Kier alpha value is 0.310. The first-order valence-electron chi connectivity index (χ1n) is 6.07. The first-order valence-corrected chi connectivity index (χ1v) is 7.46. The molecule has 0 amide bonds. The Kier molecular flexibility index (Phi) is 6.70. The van der Waals surface area contributed by atoms with Gasteiger partial charge >= 0.3 is 0 Å². The fourth-order valence-corrected chi connectivity index (χ4v) is 2.77. The standard InChI is InChI=1S/C12H25NS/c1-11-7-3-4-8-12(11)13-9-5-6-10-14-2/h11-13H,3-10H2,1-2H3. The van der Waals surface area contributed by atoms with Crippen molar-refractivity contribution in [1.29, 1.82) is 0 Å². The lowest BCUT2D eigenvalue weighted by Gasteiger charge is -2.29. The zero-order valence-corrected chi connectivity index (χ0v) is 10.5. The van der Waals surface area contributed by atoms with Gasteiger partial charge in [0, 0.05) is 6.04 Å². The molecule has 1 saturated carbocycles. The molecule has 1 rings (SSSR count). The first-order chi connectivity index (χ1) is 6.84. The van der Waals surface area contributed by atoms with Crippen LogP contribution < -0.4 is 5.32 Å². The van der Waals surface area contributed by atoms with E-state index >= 15 is 0 Å². The summed E-state index contributed by atoms with van der Waals surface area (Å²) in [5.74, 6) is 2.23. The molecule has 0 aliphatic heterocycles. The van der Waals surface area contributed by atoms with Crippen molar-refractivity contribution in [2.75, 3.05) is 18.6 Å². The second kappa shape index (κ2) is 7.58. The molecule has 0 radical (unpaired) electrons. The van der Waals surface area contributed by atoms with Crippen molar-refractivity contribution >= 4 is 11.8 Å². The predicted octanol–water partition coefficient (Wildman–Crippen LogP) is 3.30. The zero-order valence-electron chi connectivity index (χ0n) is 9.72. The lowest BCUT2D eigenvalue weighted by atomic mass is 9.86.